The summed E-state index contributed by atoms with van der Waals surface area (Å²) in [6.45, 7) is 1.17. The number of rotatable bonds is 2. The van der Waals surface area contributed by atoms with Crippen LogP contribution >= 0.6 is 8.25 Å². The van der Waals surface area contributed by atoms with E-state index in [1.807, 2.05) is 0 Å². The Bertz CT molecular complexity index is 98.6. The highest BCUT2D eigenvalue weighted by Crippen LogP contribution is 2.10. The topological polar surface area (TPSA) is 75.6 Å². The van der Waals surface area contributed by atoms with Crippen molar-refractivity contribution in [1.29, 1.82) is 0 Å². The summed E-state index contributed by atoms with van der Waals surface area (Å²) in [4.78, 5) is 17.7. The first kappa shape index (κ1) is 7.49. The zero-order valence-electron chi connectivity index (χ0n) is 4.12. The standard InChI is InChI=1S/C2H4NO4P/c1-2(4)3-7-8(5)6/h1H3,(H-,3,4,5,6)/p+1. The smallest absolute Gasteiger partial charge is 0.273 e. The molecule has 0 saturated carbocycles. The van der Waals surface area contributed by atoms with Gasteiger partial charge in [0.1, 0.15) is 0 Å². The molecular formula is C2H5NO4P+. The number of hydroxylamine groups is 1. The molecular weight excluding hydrogens is 133 g/mol. The first-order chi connectivity index (χ1) is 3.63. The first-order valence-corrected chi connectivity index (χ1v) is 2.85. The predicted molar refractivity (Wildman–Crippen MR) is 24.7 cm³/mol. The SMILES string of the molecule is CC(=O)NO[P+](=O)O. The maximum atomic E-state index is 9.87. The number of carbonyl (C=O) groups excluding carboxylic acids is 1. The molecule has 0 aliphatic rings. The van der Waals surface area contributed by atoms with E-state index in [1.54, 1.807) is 5.48 Å². The summed E-state index contributed by atoms with van der Waals surface area (Å²) < 4.78 is 13.4. The lowest BCUT2D eigenvalue weighted by Gasteiger charge is -1.82. The summed E-state index contributed by atoms with van der Waals surface area (Å²) in [6, 6.07) is 0. The molecule has 5 nitrogen and oxygen atoms in total. The highest BCUT2D eigenvalue weighted by Gasteiger charge is 2.11. The summed E-state index contributed by atoms with van der Waals surface area (Å²) in [5, 5.41) is 0. The summed E-state index contributed by atoms with van der Waals surface area (Å²) in [5.41, 5.74) is 1.67. The molecule has 8 heavy (non-hydrogen) atoms. The molecule has 6 heteroatoms. The average molecular weight is 138 g/mol. The van der Waals surface area contributed by atoms with Gasteiger partial charge in [0.2, 0.25) is 5.91 Å². The van der Waals surface area contributed by atoms with Gasteiger partial charge in [0.05, 0.1) is 0 Å². The van der Waals surface area contributed by atoms with Crippen molar-refractivity contribution in [2.75, 3.05) is 0 Å². The Hall–Kier alpha value is -0.510. The van der Waals surface area contributed by atoms with Gasteiger partial charge in [-0.2, -0.15) is 5.48 Å². The molecule has 0 aromatic heterocycles. The van der Waals surface area contributed by atoms with Crippen LogP contribution in [0.3, 0.4) is 0 Å². The Morgan fingerprint density at radius 2 is 2.38 bits per heavy atom. The molecule has 1 atom stereocenters. The molecule has 0 aromatic rings. The van der Waals surface area contributed by atoms with Crippen LogP contribution in [0.15, 0.2) is 0 Å². The Balaban J connectivity index is 3.18. The minimum Gasteiger partial charge on any atom is -0.273 e. The summed E-state index contributed by atoms with van der Waals surface area (Å²) >= 11 is 0. The van der Waals surface area contributed by atoms with Crippen molar-refractivity contribution in [2.45, 2.75) is 6.92 Å². The van der Waals surface area contributed by atoms with Gasteiger partial charge in [-0.25, -0.2) is 0 Å². The molecule has 46 valence electrons. The third-order valence-corrected chi connectivity index (χ3v) is 0.515. The van der Waals surface area contributed by atoms with Crippen molar-refractivity contribution >= 4 is 14.2 Å². The summed E-state index contributed by atoms with van der Waals surface area (Å²) in [7, 11) is -2.71. The van der Waals surface area contributed by atoms with E-state index in [0.717, 1.165) is 0 Å². The van der Waals surface area contributed by atoms with Crippen LogP contribution in [0.4, 0.5) is 0 Å². The number of amides is 1. The molecule has 0 aliphatic carbocycles. The van der Waals surface area contributed by atoms with Crippen LogP contribution in [0.25, 0.3) is 0 Å². The van der Waals surface area contributed by atoms with Gasteiger partial charge in [-0.1, -0.05) is 0 Å². The summed E-state index contributed by atoms with van der Waals surface area (Å²) in [6.07, 6.45) is 0. The third-order valence-electron chi connectivity index (χ3n) is 0.267. The highest BCUT2D eigenvalue weighted by molar-refractivity contribution is 7.32. The van der Waals surface area contributed by atoms with Crippen LogP contribution in [0.2, 0.25) is 0 Å². The minimum absolute atomic E-state index is 0.512. The van der Waals surface area contributed by atoms with Gasteiger partial charge in [0, 0.05) is 16.1 Å². The second-order valence-electron chi connectivity index (χ2n) is 0.987. The quantitative estimate of drug-likeness (QED) is 0.405. The third kappa shape index (κ3) is 5.49. The van der Waals surface area contributed by atoms with E-state index >= 15 is 0 Å². The lowest BCUT2D eigenvalue weighted by atomic mass is 10.8. The molecule has 0 aliphatic heterocycles. The van der Waals surface area contributed by atoms with E-state index < -0.39 is 14.2 Å². The van der Waals surface area contributed by atoms with Gasteiger partial charge in [0.15, 0.2) is 0 Å². The zero-order chi connectivity index (χ0) is 6.57. The van der Waals surface area contributed by atoms with E-state index in [-0.39, 0.29) is 0 Å². The largest absolute Gasteiger partial charge is 0.719 e. The van der Waals surface area contributed by atoms with Crippen molar-refractivity contribution in [3.63, 3.8) is 0 Å². The maximum absolute atomic E-state index is 9.87. The van der Waals surface area contributed by atoms with E-state index in [2.05, 4.69) is 4.62 Å². The summed E-state index contributed by atoms with van der Waals surface area (Å²) in [5.74, 6) is -0.512. The Labute approximate surface area is 46.6 Å². The predicted octanol–water partition coefficient (Wildman–Crippen LogP) is -0.296. The van der Waals surface area contributed by atoms with E-state index in [4.69, 9.17) is 4.89 Å². The number of hydrogen-bond acceptors (Lipinski definition) is 3. The molecule has 1 amide bonds. The molecule has 0 rings (SSSR count). The van der Waals surface area contributed by atoms with E-state index in [0.29, 0.717) is 0 Å². The van der Waals surface area contributed by atoms with Crippen LogP contribution in [-0.4, -0.2) is 10.8 Å². The number of carbonyl (C=O) groups is 1. The fraction of sp³-hybridized carbons (Fsp3) is 0.500. The van der Waals surface area contributed by atoms with Crippen LogP contribution in [0.5, 0.6) is 0 Å². The lowest BCUT2D eigenvalue weighted by molar-refractivity contribution is -0.125. The van der Waals surface area contributed by atoms with Crippen LogP contribution < -0.4 is 5.48 Å². The van der Waals surface area contributed by atoms with Crippen molar-refractivity contribution < 1.29 is 18.9 Å². The average Bonchev–Trinajstić information content (AvgIpc) is 1.61. The molecule has 2 N–H and O–H groups in total. The molecule has 0 spiro atoms. The first-order valence-electron chi connectivity index (χ1n) is 1.72. The van der Waals surface area contributed by atoms with Gasteiger partial charge in [-0.05, 0) is 0 Å². The second kappa shape index (κ2) is 3.49. The molecule has 0 fully saturated rings. The van der Waals surface area contributed by atoms with Crippen LogP contribution in [-0.2, 0) is 14.0 Å². The normalized spacial score (nSPS) is 10.5. The molecule has 1 unspecified atom stereocenters. The molecule has 0 bridgehead atoms. The number of hydrogen-bond donors (Lipinski definition) is 2. The highest BCUT2D eigenvalue weighted by atomic mass is 31.1. The van der Waals surface area contributed by atoms with Crippen molar-refractivity contribution in [3.8, 4) is 0 Å². The van der Waals surface area contributed by atoms with E-state index in [9.17, 15) is 9.36 Å². The van der Waals surface area contributed by atoms with Gasteiger partial charge in [0.25, 0.3) is 0 Å². The van der Waals surface area contributed by atoms with Crippen molar-refractivity contribution in [2.24, 2.45) is 0 Å². The Morgan fingerprint density at radius 3 is 2.50 bits per heavy atom. The monoisotopic (exact) mass is 138 g/mol. The molecule has 0 radical (unpaired) electrons. The lowest BCUT2D eigenvalue weighted by Crippen LogP contribution is -2.16. The fourth-order valence-corrected chi connectivity index (χ4v) is 0.310. The minimum atomic E-state index is -2.71. The van der Waals surface area contributed by atoms with Crippen molar-refractivity contribution in [3.05, 3.63) is 0 Å². The maximum Gasteiger partial charge on any atom is 0.719 e. The molecule has 0 aromatic carbocycles. The van der Waals surface area contributed by atoms with Crippen molar-refractivity contribution in [1.82, 2.24) is 5.48 Å². The van der Waals surface area contributed by atoms with Gasteiger partial charge >= 0.3 is 8.25 Å². The van der Waals surface area contributed by atoms with Crippen LogP contribution in [0.1, 0.15) is 6.92 Å². The number of nitrogens with one attached hydrogen (secondary N) is 1. The van der Waals surface area contributed by atoms with Gasteiger partial charge in [-0.3, -0.25) is 4.79 Å². The van der Waals surface area contributed by atoms with Gasteiger partial charge < -0.3 is 0 Å². The Kier molecular flexibility index (Phi) is 3.26. The van der Waals surface area contributed by atoms with E-state index in [1.165, 1.54) is 6.92 Å². The second-order valence-corrected chi connectivity index (χ2v) is 1.65. The van der Waals surface area contributed by atoms with Crippen LogP contribution in [0, 0.1) is 0 Å². The zero-order valence-corrected chi connectivity index (χ0v) is 5.01. The molecule has 0 heterocycles. The fourth-order valence-electron chi connectivity index (χ4n) is 0.103. The molecule has 0 saturated heterocycles. The van der Waals surface area contributed by atoms with Gasteiger partial charge in [-0.15, -0.1) is 4.89 Å². The Morgan fingerprint density at radius 1 is 1.88 bits per heavy atom.